The summed E-state index contributed by atoms with van der Waals surface area (Å²) >= 11 is 0. The summed E-state index contributed by atoms with van der Waals surface area (Å²) in [6.45, 7) is 0.529. The number of aromatic amines is 2. The van der Waals surface area contributed by atoms with Gasteiger partial charge < -0.3 is 20.0 Å². The summed E-state index contributed by atoms with van der Waals surface area (Å²) in [4.78, 5) is 59.0. The molecule has 5 rings (SSSR count). The highest BCUT2D eigenvalue weighted by Gasteiger charge is 2.33. The Labute approximate surface area is 193 Å². The van der Waals surface area contributed by atoms with Crippen LogP contribution in [0.4, 0.5) is 0 Å². The average Bonchev–Trinajstić information content (AvgIpc) is 3.26. The Balaban J connectivity index is 1.59. The lowest BCUT2D eigenvalue weighted by atomic mass is 9.95. The van der Waals surface area contributed by atoms with Gasteiger partial charge in [-0.25, -0.2) is 9.36 Å². The van der Waals surface area contributed by atoms with Crippen molar-refractivity contribution in [2.75, 3.05) is 13.1 Å². The van der Waals surface area contributed by atoms with Crippen LogP contribution in [0, 0.1) is 5.92 Å². The van der Waals surface area contributed by atoms with Gasteiger partial charge in [0.15, 0.2) is 0 Å². The quantitative estimate of drug-likeness (QED) is 0.421. The lowest BCUT2D eigenvalue weighted by Gasteiger charge is -2.33. The zero-order chi connectivity index (χ0) is 23.8. The van der Waals surface area contributed by atoms with E-state index in [2.05, 4.69) is 9.97 Å². The molecule has 1 aliphatic rings. The number of hydrogen-bond acceptors (Lipinski definition) is 4. The predicted octanol–water partition coefficient (Wildman–Crippen LogP) is 2.28. The first kappa shape index (κ1) is 21.7. The molecule has 1 saturated heterocycles. The third-order valence-corrected chi connectivity index (χ3v) is 6.68. The first-order valence-electron chi connectivity index (χ1n) is 11.2. The Morgan fingerprint density at radius 2 is 1.62 bits per heavy atom. The molecule has 0 saturated carbocycles. The largest absolute Gasteiger partial charge is 0.481 e. The molecule has 1 unspecified atom stereocenters. The molecule has 1 amide bonds. The summed E-state index contributed by atoms with van der Waals surface area (Å²) < 4.78 is 1.01. The summed E-state index contributed by atoms with van der Waals surface area (Å²) in [5.74, 6) is -1.73. The minimum atomic E-state index is -1.07. The number of carbonyl (C=O) groups is 2. The van der Waals surface area contributed by atoms with Crippen molar-refractivity contribution >= 4 is 33.7 Å². The lowest BCUT2D eigenvalue weighted by Crippen LogP contribution is -2.49. The third-order valence-electron chi connectivity index (χ3n) is 6.68. The van der Waals surface area contributed by atoms with E-state index in [9.17, 15) is 24.3 Å². The van der Waals surface area contributed by atoms with Gasteiger partial charge in [0.25, 0.3) is 5.56 Å². The number of carbonyl (C=O) groups excluding carboxylic acids is 1. The molecule has 174 valence electrons. The average molecular weight is 460 g/mol. The van der Waals surface area contributed by atoms with Crippen LogP contribution in [-0.2, 0) is 16.0 Å². The Morgan fingerprint density at radius 3 is 2.32 bits per heavy atom. The molecule has 9 heteroatoms. The Morgan fingerprint density at radius 1 is 0.971 bits per heavy atom. The minimum absolute atomic E-state index is 0.142. The van der Waals surface area contributed by atoms with Gasteiger partial charge in [0, 0.05) is 36.6 Å². The molecule has 1 aliphatic heterocycles. The molecule has 1 atom stereocenters. The van der Waals surface area contributed by atoms with Crippen molar-refractivity contribution in [1.82, 2.24) is 19.4 Å². The molecular formula is C25H24N4O5. The van der Waals surface area contributed by atoms with Gasteiger partial charge in [-0.2, -0.15) is 0 Å². The Bertz CT molecular complexity index is 1510. The van der Waals surface area contributed by atoms with Gasteiger partial charge in [0.1, 0.15) is 6.04 Å². The van der Waals surface area contributed by atoms with Gasteiger partial charge in [-0.05, 0) is 36.6 Å². The summed E-state index contributed by atoms with van der Waals surface area (Å²) in [5, 5.41) is 10.5. The van der Waals surface area contributed by atoms with Crippen LogP contribution in [-0.4, -0.2) is 49.5 Å². The lowest BCUT2D eigenvalue weighted by molar-refractivity contribution is -0.146. The normalized spacial score (nSPS) is 15.6. The number of fused-ring (bicyclic) bond motifs is 2. The van der Waals surface area contributed by atoms with Crippen LogP contribution in [0.15, 0.2) is 64.3 Å². The van der Waals surface area contributed by atoms with Crippen molar-refractivity contribution in [3.05, 3.63) is 81.1 Å². The van der Waals surface area contributed by atoms with Crippen molar-refractivity contribution in [2.45, 2.75) is 25.3 Å². The van der Waals surface area contributed by atoms with Crippen LogP contribution in [0.3, 0.4) is 0 Å². The number of rotatable bonds is 5. The maximum absolute atomic E-state index is 13.7. The van der Waals surface area contributed by atoms with E-state index >= 15 is 0 Å². The van der Waals surface area contributed by atoms with Crippen LogP contribution in [0.5, 0.6) is 0 Å². The number of carboxylic acids is 1. The fraction of sp³-hybridized carbons (Fsp3) is 0.280. The standard InChI is InChI=1S/C25H24N4O5/c30-22-18-6-2-4-8-20(18)27-25(34)29(22)21(13-16-14-26-19-7-3-1-5-17(16)19)23(31)28-11-9-15(10-12-28)24(32)33/h1-8,14-15,21,26H,9-13H2,(H,27,34)(H,32,33). The Kier molecular flexibility index (Phi) is 5.53. The van der Waals surface area contributed by atoms with Crippen LogP contribution >= 0.6 is 0 Å². The van der Waals surface area contributed by atoms with Crippen LogP contribution in [0.1, 0.15) is 24.4 Å². The molecule has 0 bridgehead atoms. The van der Waals surface area contributed by atoms with Crippen LogP contribution in [0.2, 0.25) is 0 Å². The molecule has 34 heavy (non-hydrogen) atoms. The zero-order valence-electron chi connectivity index (χ0n) is 18.4. The minimum Gasteiger partial charge on any atom is -0.481 e. The summed E-state index contributed by atoms with van der Waals surface area (Å²) in [6, 6.07) is 13.3. The van der Waals surface area contributed by atoms with Crippen molar-refractivity contribution in [3.8, 4) is 0 Å². The van der Waals surface area contributed by atoms with Crippen molar-refractivity contribution in [1.29, 1.82) is 0 Å². The van der Waals surface area contributed by atoms with Gasteiger partial charge in [-0.1, -0.05) is 30.3 Å². The molecule has 9 nitrogen and oxygen atoms in total. The fourth-order valence-corrected chi connectivity index (χ4v) is 4.81. The van der Waals surface area contributed by atoms with E-state index in [1.54, 1.807) is 35.4 Å². The van der Waals surface area contributed by atoms with E-state index < -0.39 is 29.2 Å². The number of amides is 1. The number of aliphatic carboxylic acids is 1. The number of nitrogens with one attached hydrogen (secondary N) is 2. The topological polar surface area (TPSA) is 128 Å². The number of aromatic nitrogens is 3. The highest BCUT2D eigenvalue weighted by atomic mass is 16.4. The van der Waals surface area contributed by atoms with Gasteiger partial charge in [0.05, 0.1) is 16.8 Å². The maximum Gasteiger partial charge on any atom is 0.329 e. The second-order valence-electron chi connectivity index (χ2n) is 8.67. The molecule has 0 spiro atoms. The molecule has 3 N–H and O–H groups in total. The van der Waals surface area contributed by atoms with E-state index in [0.717, 1.165) is 21.0 Å². The molecule has 0 radical (unpaired) electrons. The van der Waals surface area contributed by atoms with E-state index in [4.69, 9.17) is 0 Å². The van der Waals surface area contributed by atoms with E-state index in [0.29, 0.717) is 23.7 Å². The number of nitrogens with zero attached hydrogens (tertiary/aromatic N) is 2. The van der Waals surface area contributed by atoms with Crippen LogP contribution in [0.25, 0.3) is 21.8 Å². The predicted molar refractivity (Wildman–Crippen MR) is 127 cm³/mol. The van der Waals surface area contributed by atoms with Crippen molar-refractivity contribution in [3.63, 3.8) is 0 Å². The van der Waals surface area contributed by atoms with Gasteiger partial charge in [-0.3, -0.25) is 14.4 Å². The van der Waals surface area contributed by atoms with Gasteiger partial charge in [0.2, 0.25) is 5.91 Å². The molecule has 4 aromatic rings. The molecule has 2 aromatic carbocycles. The van der Waals surface area contributed by atoms with E-state index in [-0.39, 0.29) is 25.4 Å². The first-order chi connectivity index (χ1) is 16.4. The Hall–Kier alpha value is -4.14. The summed E-state index contributed by atoms with van der Waals surface area (Å²) in [7, 11) is 0. The zero-order valence-corrected chi connectivity index (χ0v) is 18.4. The number of H-pyrrole nitrogens is 2. The second-order valence-corrected chi connectivity index (χ2v) is 8.67. The number of hydrogen-bond donors (Lipinski definition) is 3. The highest BCUT2D eigenvalue weighted by molar-refractivity contribution is 5.86. The molecule has 0 aliphatic carbocycles. The van der Waals surface area contributed by atoms with Crippen molar-refractivity contribution < 1.29 is 14.7 Å². The second kappa shape index (κ2) is 8.66. The number of carboxylic acid groups (broad SMARTS) is 1. The smallest absolute Gasteiger partial charge is 0.329 e. The highest BCUT2D eigenvalue weighted by Crippen LogP contribution is 2.25. The van der Waals surface area contributed by atoms with Gasteiger partial charge >= 0.3 is 11.7 Å². The molecule has 3 heterocycles. The van der Waals surface area contributed by atoms with E-state index in [1.807, 2.05) is 24.3 Å². The molecule has 1 fully saturated rings. The number of piperidine rings is 1. The van der Waals surface area contributed by atoms with Gasteiger partial charge in [-0.15, -0.1) is 0 Å². The molecule has 2 aromatic heterocycles. The summed E-state index contributed by atoms with van der Waals surface area (Å²) in [6.07, 6.45) is 2.61. The SMILES string of the molecule is O=C(O)C1CCN(C(=O)C(Cc2c[nH]c3ccccc23)n2c(=O)[nH]c3ccccc3c2=O)CC1. The maximum atomic E-state index is 13.7. The third kappa shape index (κ3) is 3.79. The van der Waals surface area contributed by atoms with Crippen molar-refractivity contribution in [2.24, 2.45) is 5.92 Å². The monoisotopic (exact) mass is 460 g/mol. The van der Waals surface area contributed by atoms with Crippen LogP contribution < -0.4 is 11.2 Å². The number of likely N-dealkylation sites (tertiary alicyclic amines) is 1. The van der Waals surface area contributed by atoms with E-state index in [1.165, 1.54) is 0 Å². The number of benzene rings is 2. The summed E-state index contributed by atoms with van der Waals surface area (Å²) in [5.41, 5.74) is 0.939. The fourth-order valence-electron chi connectivity index (χ4n) is 4.81. The number of para-hydroxylation sites is 2. The molecular weight excluding hydrogens is 436 g/mol. The first-order valence-corrected chi connectivity index (χ1v) is 11.2.